The maximum Gasteiger partial charge on any atom is 0.131 e. The molecule has 1 atom stereocenters. The molecule has 5 nitrogen and oxygen atoms in total. The van der Waals surface area contributed by atoms with Crippen molar-refractivity contribution in [3.8, 4) is 0 Å². The fraction of sp³-hybridized carbons (Fsp3) is 0.333. The van der Waals surface area contributed by atoms with Gasteiger partial charge in [-0.2, -0.15) is 5.10 Å². The Morgan fingerprint density at radius 2 is 2.05 bits per heavy atom. The number of nitrogens with zero attached hydrogens (tertiary/aromatic N) is 4. The molecule has 0 saturated heterocycles. The summed E-state index contributed by atoms with van der Waals surface area (Å²) in [5, 5.41) is 4.88. The normalized spacial score (nSPS) is 13.2. The van der Waals surface area contributed by atoms with E-state index in [1.165, 1.54) is 0 Å². The largest absolute Gasteiger partial charge is 0.324 e. The van der Waals surface area contributed by atoms with Gasteiger partial charge in [0.25, 0.3) is 0 Å². The molecule has 0 amide bonds. The minimum atomic E-state index is -0.313. The van der Waals surface area contributed by atoms with Crippen LogP contribution in [-0.4, -0.2) is 19.3 Å². The lowest BCUT2D eigenvalue weighted by Crippen LogP contribution is -2.18. The maximum atomic E-state index is 6.40. The fourth-order valence-electron chi connectivity index (χ4n) is 2.60. The predicted octanol–water partition coefficient (Wildman–Crippen LogP) is 3.05. The van der Waals surface area contributed by atoms with E-state index < -0.39 is 0 Å². The Morgan fingerprint density at radius 1 is 1.29 bits per heavy atom. The first-order valence-electron chi connectivity index (χ1n) is 6.89. The zero-order chi connectivity index (χ0) is 15.1. The average molecular weight is 304 g/mol. The summed E-state index contributed by atoms with van der Waals surface area (Å²) in [6.45, 7) is 4.23. The summed E-state index contributed by atoms with van der Waals surface area (Å²) >= 11 is 6.12. The molecule has 21 heavy (non-hydrogen) atoms. The molecule has 2 N–H and O–H groups in total. The third-order valence-electron chi connectivity index (χ3n) is 3.56. The number of benzene rings is 1. The third kappa shape index (κ3) is 2.43. The minimum Gasteiger partial charge on any atom is -0.324 e. The highest BCUT2D eigenvalue weighted by Gasteiger charge is 2.21. The first-order chi connectivity index (χ1) is 9.97. The van der Waals surface area contributed by atoms with Gasteiger partial charge in [0.05, 0.1) is 23.3 Å². The van der Waals surface area contributed by atoms with E-state index >= 15 is 0 Å². The standard InChI is InChI=1S/C15H18ClN5/c1-9(2)21-13-6-11(16)4-5-12(13)19-15(21)14(17)10-7-18-20(3)8-10/h4-9,14H,17H2,1-3H3. The van der Waals surface area contributed by atoms with E-state index in [2.05, 4.69) is 23.5 Å². The highest BCUT2D eigenvalue weighted by atomic mass is 35.5. The van der Waals surface area contributed by atoms with Gasteiger partial charge in [0, 0.05) is 29.9 Å². The molecule has 0 bridgehead atoms. The summed E-state index contributed by atoms with van der Waals surface area (Å²) < 4.78 is 3.88. The maximum absolute atomic E-state index is 6.40. The number of halogens is 1. The number of nitrogens with two attached hydrogens (primary N) is 1. The Bertz CT molecular complexity index is 787. The van der Waals surface area contributed by atoms with Crippen molar-refractivity contribution in [3.05, 3.63) is 47.0 Å². The van der Waals surface area contributed by atoms with Crippen molar-refractivity contribution in [3.63, 3.8) is 0 Å². The van der Waals surface area contributed by atoms with Gasteiger partial charge in [0.1, 0.15) is 5.82 Å². The summed E-state index contributed by atoms with van der Waals surface area (Å²) in [5.74, 6) is 0.829. The Morgan fingerprint density at radius 3 is 2.67 bits per heavy atom. The molecular weight excluding hydrogens is 286 g/mol. The van der Waals surface area contributed by atoms with Crippen LogP contribution >= 0.6 is 11.6 Å². The SMILES string of the molecule is CC(C)n1c(C(N)c2cnn(C)c2)nc2ccc(Cl)cc21. The van der Waals surface area contributed by atoms with E-state index in [1.807, 2.05) is 31.4 Å². The number of aromatic nitrogens is 4. The molecule has 0 aliphatic rings. The smallest absolute Gasteiger partial charge is 0.131 e. The van der Waals surface area contributed by atoms with Crippen LogP contribution < -0.4 is 5.73 Å². The Hall–Kier alpha value is -1.85. The van der Waals surface area contributed by atoms with Gasteiger partial charge in [-0.1, -0.05) is 11.6 Å². The Kier molecular flexibility index (Phi) is 3.47. The molecule has 3 aromatic rings. The van der Waals surface area contributed by atoms with Crippen LogP contribution in [0.15, 0.2) is 30.6 Å². The summed E-state index contributed by atoms with van der Waals surface area (Å²) in [7, 11) is 1.88. The zero-order valence-corrected chi connectivity index (χ0v) is 13.0. The number of rotatable bonds is 3. The van der Waals surface area contributed by atoms with Gasteiger partial charge >= 0.3 is 0 Å². The molecule has 0 radical (unpaired) electrons. The lowest BCUT2D eigenvalue weighted by molar-refractivity contribution is 0.567. The molecular formula is C15H18ClN5. The molecule has 0 spiro atoms. The van der Waals surface area contributed by atoms with Gasteiger partial charge in [-0.25, -0.2) is 4.98 Å². The van der Waals surface area contributed by atoms with E-state index in [4.69, 9.17) is 22.3 Å². The molecule has 6 heteroatoms. The average Bonchev–Trinajstić information content (AvgIpc) is 3.01. The number of fused-ring (bicyclic) bond motifs is 1. The van der Waals surface area contributed by atoms with Crippen LogP contribution in [0.1, 0.15) is 37.3 Å². The van der Waals surface area contributed by atoms with Crippen molar-refractivity contribution in [1.29, 1.82) is 0 Å². The van der Waals surface area contributed by atoms with Gasteiger partial charge in [-0.05, 0) is 32.0 Å². The summed E-state index contributed by atoms with van der Waals surface area (Å²) in [4.78, 5) is 4.70. The van der Waals surface area contributed by atoms with Crippen molar-refractivity contribution in [1.82, 2.24) is 19.3 Å². The van der Waals surface area contributed by atoms with Crippen molar-refractivity contribution < 1.29 is 0 Å². The third-order valence-corrected chi connectivity index (χ3v) is 3.79. The van der Waals surface area contributed by atoms with Crippen molar-refractivity contribution in [2.45, 2.75) is 25.9 Å². The lowest BCUT2D eigenvalue weighted by atomic mass is 10.1. The van der Waals surface area contributed by atoms with Crippen LogP contribution in [0.2, 0.25) is 5.02 Å². The molecule has 2 aromatic heterocycles. The van der Waals surface area contributed by atoms with E-state index in [0.717, 1.165) is 22.4 Å². The second kappa shape index (κ2) is 5.16. The molecule has 0 saturated carbocycles. The van der Waals surface area contributed by atoms with E-state index in [1.54, 1.807) is 10.9 Å². The van der Waals surface area contributed by atoms with E-state index in [0.29, 0.717) is 5.02 Å². The van der Waals surface area contributed by atoms with Crippen LogP contribution in [0.5, 0.6) is 0 Å². The molecule has 110 valence electrons. The van der Waals surface area contributed by atoms with Crippen LogP contribution in [0.25, 0.3) is 11.0 Å². The molecule has 0 fully saturated rings. The van der Waals surface area contributed by atoms with Crippen molar-refractivity contribution >= 4 is 22.6 Å². The second-order valence-corrected chi connectivity index (χ2v) is 5.93. The molecule has 2 heterocycles. The predicted molar refractivity (Wildman–Crippen MR) is 84.4 cm³/mol. The Balaban J connectivity index is 2.19. The van der Waals surface area contributed by atoms with Gasteiger partial charge in [-0.3, -0.25) is 4.68 Å². The summed E-state index contributed by atoms with van der Waals surface area (Å²) in [6.07, 6.45) is 3.70. The van der Waals surface area contributed by atoms with Gasteiger partial charge in [-0.15, -0.1) is 0 Å². The van der Waals surface area contributed by atoms with E-state index in [9.17, 15) is 0 Å². The lowest BCUT2D eigenvalue weighted by Gasteiger charge is -2.16. The number of hydrogen-bond acceptors (Lipinski definition) is 3. The van der Waals surface area contributed by atoms with Crippen molar-refractivity contribution in [2.24, 2.45) is 12.8 Å². The molecule has 3 rings (SSSR count). The summed E-state index contributed by atoms with van der Waals surface area (Å²) in [6, 6.07) is 5.64. The van der Waals surface area contributed by atoms with Crippen LogP contribution in [0.3, 0.4) is 0 Å². The highest BCUT2D eigenvalue weighted by molar-refractivity contribution is 6.31. The molecule has 1 aromatic carbocycles. The van der Waals surface area contributed by atoms with Crippen LogP contribution in [0, 0.1) is 0 Å². The monoisotopic (exact) mass is 303 g/mol. The molecule has 0 aliphatic heterocycles. The fourth-order valence-corrected chi connectivity index (χ4v) is 2.76. The first-order valence-corrected chi connectivity index (χ1v) is 7.26. The number of aryl methyl sites for hydroxylation is 1. The van der Waals surface area contributed by atoms with Crippen molar-refractivity contribution in [2.75, 3.05) is 0 Å². The van der Waals surface area contributed by atoms with Gasteiger partial charge < -0.3 is 10.3 Å². The Labute approximate surface area is 128 Å². The minimum absolute atomic E-state index is 0.242. The van der Waals surface area contributed by atoms with Crippen LogP contribution in [-0.2, 0) is 7.05 Å². The van der Waals surface area contributed by atoms with Crippen LogP contribution in [0.4, 0.5) is 0 Å². The van der Waals surface area contributed by atoms with Gasteiger partial charge in [0.15, 0.2) is 0 Å². The molecule has 1 unspecified atom stereocenters. The second-order valence-electron chi connectivity index (χ2n) is 5.49. The summed E-state index contributed by atoms with van der Waals surface area (Å²) in [5.41, 5.74) is 9.26. The topological polar surface area (TPSA) is 61.7 Å². The molecule has 0 aliphatic carbocycles. The number of imidazole rings is 1. The first kappa shape index (κ1) is 14.1. The van der Waals surface area contributed by atoms with Gasteiger partial charge in [0.2, 0.25) is 0 Å². The zero-order valence-electron chi connectivity index (χ0n) is 12.3. The number of hydrogen-bond donors (Lipinski definition) is 1. The van der Waals surface area contributed by atoms with E-state index in [-0.39, 0.29) is 12.1 Å². The highest BCUT2D eigenvalue weighted by Crippen LogP contribution is 2.28. The quantitative estimate of drug-likeness (QED) is 0.809.